The molecule has 166 valence electrons. The van der Waals surface area contributed by atoms with Gasteiger partial charge in [-0.05, 0) is 30.5 Å². The summed E-state index contributed by atoms with van der Waals surface area (Å²) in [6.07, 6.45) is -1.89. The van der Waals surface area contributed by atoms with Crippen molar-refractivity contribution in [2.24, 2.45) is 16.3 Å². The number of hydrogen-bond acceptors (Lipinski definition) is 3. The minimum absolute atomic E-state index is 0.0864. The van der Waals surface area contributed by atoms with E-state index in [2.05, 4.69) is 34.4 Å². The standard InChI is InChI=1S/C22H31F3N4O/c1-21(2)18(17-9-11-30-19(17)21)28-20(26-3)27-16-8-10-29(13-16)12-14-4-6-15(7-5-14)22(23,24)25/h4-7,16-19H,8-13H2,1-3H3,(H2,26,27,28). The van der Waals surface area contributed by atoms with Gasteiger partial charge in [-0.1, -0.05) is 26.0 Å². The molecule has 0 radical (unpaired) electrons. The van der Waals surface area contributed by atoms with E-state index in [1.807, 2.05) is 0 Å². The molecule has 8 heteroatoms. The van der Waals surface area contributed by atoms with Crippen molar-refractivity contribution >= 4 is 5.96 Å². The highest BCUT2D eigenvalue weighted by molar-refractivity contribution is 5.80. The Hall–Kier alpha value is -1.80. The monoisotopic (exact) mass is 424 g/mol. The van der Waals surface area contributed by atoms with Crippen molar-refractivity contribution in [3.63, 3.8) is 0 Å². The molecule has 1 saturated carbocycles. The van der Waals surface area contributed by atoms with Gasteiger partial charge in [0.15, 0.2) is 5.96 Å². The summed E-state index contributed by atoms with van der Waals surface area (Å²) in [5.74, 6) is 1.36. The summed E-state index contributed by atoms with van der Waals surface area (Å²) in [7, 11) is 1.79. The molecule has 1 aromatic rings. The van der Waals surface area contributed by atoms with Crippen LogP contribution in [0.15, 0.2) is 29.3 Å². The Bertz CT molecular complexity index is 778. The number of ether oxygens (including phenoxy) is 1. The number of aliphatic imine (C=N–C) groups is 1. The zero-order valence-electron chi connectivity index (χ0n) is 17.8. The number of halogens is 3. The second-order valence-electron chi connectivity index (χ2n) is 9.32. The van der Waals surface area contributed by atoms with Crippen LogP contribution < -0.4 is 10.6 Å². The molecule has 2 heterocycles. The first-order valence-electron chi connectivity index (χ1n) is 10.7. The van der Waals surface area contributed by atoms with E-state index >= 15 is 0 Å². The lowest BCUT2D eigenvalue weighted by molar-refractivity contribution is -0.137. The predicted octanol–water partition coefficient (Wildman–Crippen LogP) is 3.26. The molecule has 30 heavy (non-hydrogen) atoms. The smallest absolute Gasteiger partial charge is 0.377 e. The Balaban J connectivity index is 1.28. The van der Waals surface area contributed by atoms with Gasteiger partial charge in [0.2, 0.25) is 0 Å². The number of benzene rings is 1. The summed E-state index contributed by atoms with van der Waals surface area (Å²) in [6.45, 7) is 7.72. The summed E-state index contributed by atoms with van der Waals surface area (Å²) in [5, 5.41) is 7.15. The van der Waals surface area contributed by atoms with E-state index in [0.29, 0.717) is 24.6 Å². The van der Waals surface area contributed by atoms with Crippen molar-refractivity contribution < 1.29 is 17.9 Å². The van der Waals surface area contributed by atoms with Crippen LogP contribution in [0.2, 0.25) is 0 Å². The van der Waals surface area contributed by atoms with Gasteiger partial charge < -0.3 is 15.4 Å². The molecular weight excluding hydrogens is 393 g/mol. The number of hydrogen-bond donors (Lipinski definition) is 2. The first-order valence-corrected chi connectivity index (χ1v) is 10.7. The molecule has 2 N–H and O–H groups in total. The van der Waals surface area contributed by atoms with Crippen molar-refractivity contribution in [3.8, 4) is 0 Å². The average molecular weight is 425 g/mol. The Morgan fingerprint density at radius 3 is 2.60 bits per heavy atom. The highest BCUT2D eigenvalue weighted by atomic mass is 19.4. The van der Waals surface area contributed by atoms with Crippen LogP contribution in [0.25, 0.3) is 0 Å². The second-order valence-corrected chi connectivity index (χ2v) is 9.32. The van der Waals surface area contributed by atoms with Crippen molar-refractivity contribution in [2.75, 3.05) is 26.7 Å². The molecule has 0 spiro atoms. The maximum Gasteiger partial charge on any atom is 0.416 e. The van der Waals surface area contributed by atoms with Crippen molar-refractivity contribution in [1.29, 1.82) is 0 Å². The molecule has 0 amide bonds. The summed E-state index contributed by atoms with van der Waals surface area (Å²) >= 11 is 0. The van der Waals surface area contributed by atoms with Gasteiger partial charge in [0, 0.05) is 56.7 Å². The van der Waals surface area contributed by atoms with Crippen LogP contribution in [-0.2, 0) is 17.5 Å². The maximum atomic E-state index is 12.7. The molecule has 0 bridgehead atoms. The Morgan fingerprint density at radius 2 is 1.93 bits per heavy atom. The van der Waals surface area contributed by atoms with Crippen molar-refractivity contribution in [2.45, 2.75) is 57.6 Å². The quantitative estimate of drug-likeness (QED) is 0.576. The minimum Gasteiger partial charge on any atom is -0.377 e. The second kappa shape index (κ2) is 8.04. The third-order valence-electron chi connectivity index (χ3n) is 6.92. The van der Waals surface area contributed by atoms with Crippen LogP contribution in [0, 0.1) is 11.3 Å². The number of guanidine groups is 1. The zero-order chi connectivity index (χ0) is 21.5. The number of likely N-dealkylation sites (tertiary alicyclic amines) is 1. The zero-order valence-corrected chi connectivity index (χ0v) is 17.8. The van der Waals surface area contributed by atoms with Gasteiger partial charge in [-0.2, -0.15) is 13.2 Å². The Kier molecular flexibility index (Phi) is 5.74. The van der Waals surface area contributed by atoms with Crippen LogP contribution in [0.1, 0.15) is 37.8 Å². The largest absolute Gasteiger partial charge is 0.416 e. The van der Waals surface area contributed by atoms with E-state index < -0.39 is 11.7 Å². The fourth-order valence-corrected chi connectivity index (χ4v) is 5.28. The summed E-state index contributed by atoms with van der Waals surface area (Å²) in [5.41, 5.74) is 0.383. The van der Waals surface area contributed by atoms with E-state index in [1.165, 1.54) is 0 Å². The molecule has 2 aliphatic heterocycles. The summed E-state index contributed by atoms with van der Waals surface area (Å²) in [6, 6.07) is 6.08. The van der Waals surface area contributed by atoms with Crippen molar-refractivity contribution in [1.82, 2.24) is 15.5 Å². The molecule has 4 unspecified atom stereocenters. The van der Waals surface area contributed by atoms with Gasteiger partial charge in [0.25, 0.3) is 0 Å². The van der Waals surface area contributed by atoms with Crippen LogP contribution in [0.3, 0.4) is 0 Å². The van der Waals surface area contributed by atoms with Crippen LogP contribution in [0.4, 0.5) is 13.2 Å². The molecule has 2 saturated heterocycles. The van der Waals surface area contributed by atoms with Crippen LogP contribution in [0.5, 0.6) is 0 Å². The van der Waals surface area contributed by atoms with Gasteiger partial charge in [0.1, 0.15) is 0 Å². The van der Waals surface area contributed by atoms with Crippen LogP contribution >= 0.6 is 0 Å². The first-order chi connectivity index (χ1) is 14.2. The van der Waals surface area contributed by atoms with E-state index in [1.54, 1.807) is 19.2 Å². The summed E-state index contributed by atoms with van der Waals surface area (Å²) < 4.78 is 44.1. The average Bonchev–Trinajstić information content (AvgIpc) is 3.33. The Labute approximate surface area is 176 Å². The maximum absolute atomic E-state index is 12.7. The molecule has 3 fully saturated rings. The van der Waals surface area contributed by atoms with Gasteiger partial charge in [-0.3, -0.25) is 9.89 Å². The summed E-state index contributed by atoms with van der Waals surface area (Å²) in [4.78, 5) is 6.69. The van der Waals surface area contributed by atoms with E-state index in [0.717, 1.165) is 56.2 Å². The molecular formula is C22H31F3N4O. The molecule has 0 aromatic heterocycles. The van der Waals surface area contributed by atoms with Gasteiger partial charge in [0.05, 0.1) is 11.7 Å². The molecule has 5 nitrogen and oxygen atoms in total. The number of alkyl halides is 3. The van der Waals surface area contributed by atoms with Crippen LogP contribution in [-0.4, -0.2) is 55.8 Å². The lowest BCUT2D eigenvalue weighted by atomic mass is 9.57. The van der Waals surface area contributed by atoms with E-state index in [-0.39, 0.29) is 11.5 Å². The number of fused-ring (bicyclic) bond motifs is 1. The highest BCUT2D eigenvalue weighted by Gasteiger charge is 2.59. The SMILES string of the molecule is CN=C(NC1CCN(Cc2ccc(C(F)(F)F)cc2)C1)NC1C2CCOC2C1(C)C. The third-order valence-corrected chi connectivity index (χ3v) is 6.92. The molecule has 1 aromatic carbocycles. The van der Waals surface area contributed by atoms with E-state index in [4.69, 9.17) is 4.74 Å². The Morgan fingerprint density at radius 1 is 1.20 bits per heavy atom. The first kappa shape index (κ1) is 21.4. The van der Waals surface area contributed by atoms with Gasteiger partial charge >= 0.3 is 6.18 Å². The highest BCUT2D eigenvalue weighted by Crippen LogP contribution is 2.52. The fourth-order valence-electron chi connectivity index (χ4n) is 5.28. The molecule has 4 rings (SSSR count). The third kappa shape index (κ3) is 4.17. The number of nitrogens with zero attached hydrogens (tertiary/aromatic N) is 2. The number of nitrogens with one attached hydrogen (secondary N) is 2. The topological polar surface area (TPSA) is 48.9 Å². The van der Waals surface area contributed by atoms with E-state index in [9.17, 15) is 13.2 Å². The van der Waals surface area contributed by atoms with Gasteiger partial charge in [-0.15, -0.1) is 0 Å². The fraction of sp³-hybridized carbons (Fsp3) is 0.682. The predicted molar refractivity (Wildman–Crippen MR) is 110 cm³/mol. The normalized spacial score (nSPS) is 31.3. The molecule has 1 aliphatic carbocycles. The molecule has 3 aliphatic rings. The lowest BCUT2D eigenvalue weighted by Gasteiger charge is -2.55. The van der Waals surface area contributed by atoms with Gasteiger partial charge in [-0.25, -0.2) is 0 Å². The lowest BCUT2D eigenvalue weighted by Crippen LogP contribution is -2.68. The number of rotatable bonds is 4. The van der Waals surface area contributed by atoms with Crippen molar-refractivity contribution in [3.05, 3.63) is 35.4 Å². The molecule has 4 atom stereocenters. The minimum atomic E-state index is -4.29.